The highest BCUT2D eigenvalue weighted by Crippen LogP contribution is 2.40. The van der Waals surface area contributed by atoms with Crippen molar-refractivity contribution in [2.75, 3.05) is 6.54 Å². The Morgan fingerprint density at radius 3 is 2.78 bits per heavy atom. The Morgan fingerprint density at radius 2 is 2.11 bits per heavy atom. The topological polar surface area (TPSA) is 32.7 Å². The second-order valence-corrected chi connectivity index (χ2v) is 5.59. The third-order valence-electron chi connectivity index (χ3n) is 3.12. The maximum absolute atomic E-state index is 10.4. The fourth-order valence-electron chi connectivity index (χ4n) is 2.44. The zero-order valence-electron chi connectivity index (χ0n) is 11.1. The molecule has 1 aromatic rings. The number of rotatable bonds is 2. The molecule has 2 rings (SSSR count). The van der Waals surface area contributed by atoms with Gasteiger partial charge < -0.3 is 0 Å². The van der Waals surface area contributed by atoms with Crippen LogP contribution in [-0.2, 0) is 4.79 Å². The van der Waals surface area contributed by atoms with Gasteiger partial charge in [0.15, 0.2) is 0 Å². The predicted molar refractivity (Wildman–Crippen MR) is 73.2 cm³/mol. The van der Waals surface area contributed by atoms with E-state index in [2.05, 4.69) is 38.0 Å². The molecule has 1 aromatic carbocycles. The first-order valence-electron chi connectivity index (χ1n) is 6.13. The molecular weight excluding hydrogens is 224 g/mol. The number of benzene rings is 1. The van der Waals surface area contributed by atoms with Gasteiger partial charge in [0, 0.05) is 6.08 Å². The van der Waals surface area contributed by atoms with Crippen LogP contribution in [0, 0.1) is 5.41 Å². The van der Waals surface area contributed by atoms with Gasteiger partial charge in [-0.1, -0.05) is 45.0 Å². The summed E-state index contributed by atoms with van der Waals surface area (Å²) in [5, 5.41) is 6.41. The third kappa shape index (κ3) is 2.36. The van der Waals surface area contributed by atoms with E-state index in [1.54, 1.807) is 0 Å². The van der Waals surface area contributed by atoms with E-state index in [0.717, 1.165) is 5.56 Å². The van der Waals surface area contributed by atoms with E-state index < -0.39 is 0 Å². The number of nitrogens with zero attached hydrogens (tertiary/aromatic N) is 2. The van der Waals surface area contributed by atoms with Gasteiger partial charge in [-0.15, -0.1) is 0 Å². The van der Waals surface area contributed by atoms with Crippen molar-refractivity contribution in [3.8, 4) is 0 Å². The molecule has 0 bridgehead atoms. The molecule has 18 heavy (non-hydrogen) atoms. The Morgan fingerprint density at radius 1 is 1.39 bits per heavy atom. The predicted octanol–water partition coefficient (Wildman–Crippen LogP) is 2.81. The van der Waals surface area contributed by atoms with E-state index in [1.165, 1.54) is 11.6 Å². The van der Waals surface area contributed by atoms with Gasteiger partial charge in [-0.3, -0.25) is 5.01 Å². The molecule has 0 aliphatic carbocycles. The van der Waals surface area contributed by atoms with Crippen LogP contribution >= 0.6 is 0 Å². The van der Waals surface area contributed by atoms with Gasteiger partial charge in [-0.25, -0.2) is 4.79 Å². The van der Waals surface area contributed by atoms with Crippen molar-refractivity contribution in [2.24, 2.45) is 10.5 Å². The Bertz CT molecular complexity index is 507. The molecule has 0 saturated carbocycles. The average Bonchev–Trinajstić information content (AvgIpc) is 2.34. The molecule has 0 N–H and O–H groups in total. The standard InChI is InChI=1S/C15H18N2O/c1-15(2,3)14-13-8-5-4-7-12(13)11-16-17(14)9-6-10-18/h4-8,11,14H,9H2,1-3H3. The number of hydrazone groups is 1. The van der Waals surface area contributed by atoms with Crippen LogP contribution in [-0.4, -0.2) is 23.7 Å². The molecule has 1 heterocycles. The fourth-order valence-corrected chi connectivity index (χ4v) is 2.44. The van der Waals surface area contributed by atoms with E-state index in [-0.39, 0.29) is 11.5 Å². The first-order valence-corrected chi connectivity index (χ1v) is 6.13. The molecule has 0 aromatic heterocycles. The molecule has 1 unspecified atom stereocenters. The molecule has 3 heteroatoms. The number of carbonyl (C=O) groups excluding carboxylic acids is 1. The summed E-state index contributed by atoms with van der Waals surface area (Å²) in [6.07, 6.45) is 3.33. The lowest BCUT2D eigenvalue weighted by Gasteiger charge is -2.41. The molecule has 94 valence electrons. The summed E-state index contributed by atoms with van der Waals surface area (Å²) in [4.78, 5) is 10.4. The molecular formula is C15H18N2O. The quantitative estimate of drug-likeness (QED) is 0.747. The minimum Gasteiger partial charge on any atom is -0.284 e. The summed E-state index contributed by atoms with van der Waals surface area (Å²) in [7, 11) is 0. The highest BCUT2D eigenvalue weighted by Gasteiger charge is 2.34. The maximum atomic E-state index is 10.4. The molecule has 0 fully saturated rings. The van der Waals surface area contributed by atoms with Crippen molar-refractivity contribution in [2.45, 2.75) is 26.8 Å². The summed E-state index contributed by atoms with van der Waals surface area (Å²) in [5.74, 6) is 1.82. The summed E-state index contributed by atoms with van der Waals surface area (Å²) >= 11 is 0. The lowest BCUT2D eigenvalue weighted by atomic mass is 9.80. The van der Waals surface area contributed by atoms with Crippen molar-refractivity contribution in [3.05, 3.63) is 41.5 Å². The monoisotopic (exact) mass is 242 g/mol. The number of hydrogen-bond acceptors (Lipinski definition) is 3. The van der Waals surface area contributed by atoms with Crippen molar-refractivity contribution in [3.63, 3.8) is 0 Å². The zero-order chi connectivity index (χ0) is 13.2. The maximum Gasteiger partial charge on any atom is 0.121 e. The Hall–Kier alpha value is -1.86. The third-order valence-corrected chi connectivity index (χ3v) is 3.12. The first kappa shape index (κ1) is 12.6. The normalized spacial score (nSPS) is 18.2. The molecule has 0 saturated heterocycles. The molecule has 3 nitrogen and oxygen atoms in total. The second-order valence-electron chi connectivity index (χ2n) is 5.59. The zero-order valence-corrected chi connectivity index (χ0v) is 11.1. The molecule has 0 spiro atoms. The van der Waals surface area contributed by atoms with Crippen LogP contribution in [0.4, 0.5) is 0 Å². The van der Waals surface area contributed by atoms with Crippen molar-refractivity contribution in [1.82, 2.24) is 5.01 Å². The first-order chi connectivity index (χ1) is 8.54. The average molecular weight is 242 g/mol. The lowest BCUT2D eigenvalue weighted by molar-refractivity contribution is 0.112. The van der Waals surface area contributed by atoms with Crippen molar-refractivity contribution in [1.29, 1.82) is 0 Å². The second kappa shape index (κ2) is 4.79. The van der Waals surface area contributed by atoms with Crippen LogP contribution in [0.5, 0.6) is 0 Å². The van der Waals surface area contributed by atoms with Gasteiger partial charge in [0.25, 0.3) is 0 Å². The van der Waals surface area contributed by atoms with E-state index >= 15 is 0 Å². The summed E-state index contributed by atoms with van der Waals surface area (Å²) in [6.45, 7) is 7.06. The van der Waals surface area contributed by atoms with Crippen LogP contribution < -0.4 is 0 Å². The van der Waals surface area contributed by atoms with Crippen LogP contribution in [0.15, 0.2) is 35.4 Å². The van der Waals surface area contributed by atoms with Gasteiger partial charge in [-0.2, -0.15) is 5.10 Å². The SMILES string of the molecule is CC(C)(C)C1c2ccccc2C=NN1CC=C=O. The molecule has 1 atom stereocenters. The minimum absolute atomic E-state index is 0.0462. The largest absolute Gasteiger partial charge is 0.284 e. The molecule has 0 radical (unpaired) electrons. The molecule has 1 aliphatic heterocycles. The van der Waals surface area contributed by atoms with Crippen LogP contribution in [0.3, 0.4) is 0 Å². The minimum atomic E-state index is 0.0462. The Labute approximate surface area is 108 Å². The van der Waals surface area contributed by atoms with E-state index in [9.17, 15) is 4.79 Å². The van der Waals surface area contributed by atoms with Crippen LogP contribution in [0.2, 0.25) is 0 Å². The number of fused-ring (bicyclic) bond motifs is 1. The summed E-state index contributed by atoms with van der Waals surface area (Å²) in [6, 6.07) is 8.44. The van der Waals surface area contributed by atoms with E-state index in [0.29, 0.717) is 6.54 Å². The number of hydrogen-bond donors (Lipinski definition) is 0. The van der Waals surface area contributed by atoms with Crippen LogP contribution in [0.25, 0.3) is 0 Å². The smallest absolute Gasteiger partial charge is 0.121 e. The van der Waals surface area contributed by atoms with E-state index in [1.807, 2.05) is 29.3 Å². The van der Waals surface area contributed by atoms with E-state index in [4.69, 9.17) is 0 Å². The van der Waals surface area contributed by atoms with Gasteiger partial charge in [0.05, 0.1) is 18.8 Å². The highest BCUT2D eigenvalue weighted by atomic mass is 16.1. The lowest BCUT2D eigenvalue weighted by Crippen LogP contribution is -2.36. The Balaban J connectivity index is 2.45. The molecule has 0 amide bonds. The van der Waals surface area contributed by atoms with Crippen LogP contribution in [0.1, 0.15) is 37.9 Å². The molecule has 1 aliphatic rings. The fraction of sp³-hybridized carbons (Fsp3) is 0.400. The van der Waals surface area contributed by atoms with Gasteiger partial charge in [0.1, 0.15) is 5.94 Å². The van der Waals surface area contributed by atoms with Crippen molar-refractivity contribution >= 4 is 12.2 Å². The van der Waals surface area contributed by atoms with Gasteiger partial charge >= 0.3 is 0 Å². The summed E-state index contributed by atoms with van der Waals surface area (Å²) in [5.41, 5.74) is 2.47. The van der Waals surface area contributed by atoms with Gasteiger partial charge in [0.2, 0.25) is 0 Å². The van der Waals surface area contributed by atoms with Crippen molar-refractivity contribution < 1.29 is 4.79 Å². The Kier molecular flexibility index (Phi) is 3.35. The van der Waals surface area contributed by atoms with Gasteiger partial charge in [-0.05, 0) is 16.5 Å². The summed E-state index contributed by atoms with van der Waals surface area (Å²) < 4.78 is 0. The highest BCUT2D eigenvalue weighted by molar-refractivity contribution is 5.82.